The Labute approximate surface area is 138 Å². The average molecular weight is 321 g/mol. The second-order valence-corrected chi connectivity index (χ2v) is 5.92. The second kappa shape index (κ2) is 9.01. The summed E-state index contributed by atoms with van der Waals surface area (Å²) in [4.78, 5) is 12.0. The molecule has 1 fully saturated rings. The second-order valence-electron chi connectivity index (χ2n) is 5.92. The molecule has 1 aliphatic heterocycles. The molecular formula is C18H27NO4. The molecule has 1 aromatic carbocycles. The molecule has 0 aromatic heterocycles. The van der Waals surface area contributed by atoms with Gasteiger partial charge in [-0.1, -0.05) is 30.3 Å². The van der Waals surface area contributed by atoms with Gasteiger partial charge in [0.15, 0.2) is 6.29 Å². The third-order valence-corrected chi connectivity index (χ3v) is 4.01. The summed E-state index contributed by atoms with van der Waals surface area (Å²) < 4.78 is 16.3. The van der Waals surface area contributed by atoms with E-state index in [0.717, 1.165) is 31.6 Å². The van der Waals surface area contributed by atoms with Crippen molar-refractivity contribution in [3.63, 3.8) is 0 Å². The third-order valence-electron chi connectivity index (χ3n) is 4.01. The van der Waals surface area contributed by atoms with E-state index in [-0.39, 0.29) is 18.7 Å². The lowest BCUT2D eigenvalue weighted by Gasteiger charge is -2.32. The van der Waals surface area contributed by atoms with Crippen molar-refractivity contribution in [2.24, 2.45) is 0 Å². The van der Waals surface area contributed by atoms with Gasteiger partial charge >= 0.3 is 5.97 Å². The van der Waals surface area contributed by atoms with Crippen molar-refractivity contribution < 1.29 is 19.0 Å². The maximum absolute atomic E-state index is 12.0. The third kappa shape index (κ3) is 5.61. The van der Waals surface area contributed by atoms with Crippen LogP contribution in [0, 0.1) is 0 Å². The first-order valence-electron chi connectivity index (χ1n) is 8.33. The van der Waals surface area contributed by atoms with Gasteiger partial charge in [0.25, 0.3) is 0 Å². The van der Waals surface area contributed by atoms with Crippen LogP contribution in [0.3, 0.4) is 0 Å². The predicted octanol–water partition coefficient (Wildman–Crippen LogP) is 2.60. The van der Waals surface area contributed by atoms with Gasteiger partial charge in [-0.3, -0.25) is 4.79 Å². The van der Waals surface area contributed by atoms with Crippen molar-refractivity contribution in [1.29, 1.82) is 0 Å². The summed E-state index contributed by atoms with van der Waals surface area (Å²) in [6.07, 6.45) is 1.84. The van der Waals surface area contributed by atoms with Crippen molar-refractivity contribution in [2.45, 2.75) is 44.9 Å². The van der Waals surface area contributed by atoms with Gasteiger partial charge in [-0.15, -0.1) is 0 Å². The largest absolute Gasteiger partial charge is 0.466 e. The molecule has 1 aromatic rings. The van der Waals surface area contributed by atoms with Crippen LogP contribution in [0.2, 0.25) is 0 Å². The first kappa shape index (κ1) is 17.9. The molecule has 0 bridgehead atoms. The van der Waals surface area contributed by atoms with Gasteiger partial charge in [0.05, 0.1) is 31.8 Å². The van der Waals surface area contributed by atoms with Crippen LogP contribution in [0.1, 0.15) is 38.7 Å². The van der Waals surface area contributed by atoms with Crippen molar-refractivity contribution in [3.8, 4) is 0 Å². The summed E-state index contributed by atoms with van der Waals surface area (Å²) in [7, 11) is 0. The number of rotatable bonds is 8. The summed E-state index contributed by atoms with van der Waals surface area (Å²) >= 11 is 0. The number of hydrogen-bond acceptors (Lipinski definition) is 5. The number of esters is 1. The zero-order valence-corrected chi connectivity index (χ0v) is 14.0. The quantitative estimate of drug-likeness (QED) is 0.746. The highest BCUT2D eigenvalue weighted by Crippen LogP contribution is 2.25. The van der Waals surface area contributed by atoms with Crippen molar-refractivity contribution in [2.75, 3.05) is 26.4 Å². The molecule has 0 saturated carbocycles. The maximum atomic E-state index is 12.0. The van der Waals surface area contributed by atoms with E-state index in [2.05, 4.69) is 5.32 Å². The van der Waals surface area contributed by atoms with Gasteiger partial charge in [0, 0.05) is 13.0 Å². The molecule has 128 valence electrons. The predicted molar refractivity (Wildman–Crippen MR) is 88.0 cm³/mol. The van der Waals surface area contributed by atoms with Crippen LogP contribution in [0.4, 0.5) is 0 Å². The van der Waals surface area contributed by atoms with Crippen LogP contribution in [0.15, 0.2) is 30.3 Å². The summed E-state index contributed by atoms with van der Waals surface area (Å²) in [5.41, 5.74) is 0.598. The number of benzene rings is 1. The van der Waals surface area contributed by atoms with Crippen molar-refractivity contribution >= 4 is 5.97 Å². The van der Waals surface area contributed by atoms with Crippen LogP contribution >= 0.6 is 0 Å². The van der Waals surface area contributed by atoms with Gasteiger partial charge in [0.1, 0.15) is 0 Å². The molecule has 0 aliphatic carbocycles. The van der Waals surface area contributed by atoms with E-state index < -0.39 is 5.54 Å². The fourth-order valence-electron chi connectivity index (χ4n) is 2.74. The Bertz CT molecular complexity index is 473. The van der Waals surface area contributed by atoms with Crippen LogP contribution in [-0.2, 0) is 24.5 Å². The Balaban J connectivity index is 1.96. The molecular weight excluding hydrogens is 294 g/mol. The average Bonchev–Trinajstić information content (AvgIpc) is 2.57. The van der Waals surface area contributed by atoms with Crippen LogP contribution < -0.4 is 5.32 Å². The Hall–Kier alpha value is -1.43. The molecule has 1 atom stereocenters. The molecule has 1 saturated heterocycles. The number of nitrogens with one attached hydrogen (secondary N) is 1. The lowest BCUT2D eigenvalue weighted by Crippen LogP contribution is -2.43. The minimum absolute atomic E-state index is 0.154. The van der Waals surface area contributed by atoms with E-state index >= 15 is 0 Å². The molecule has 23 heavy (non-hydrogen) atoms. The molecule has 5 heteroatoms. The molecule has 0 unspecified atom stereocenters. The highest BCUT2D eigenvalue weighted by Gasteiger charge is 2.30. The van der Waals surface area contributed by atoms with E-state index in [9.17, 15) is 4.79 Å². The Kier molecular flexibility index (Phi) is 7.02. The molecule has 1 aliphatic rings. The minimum Gasteiger partial charge on any atom is -0.466 e. The topological polar surface area (TPSA) is 56.8 Å². The van der Waals surface area contributed by atoms with E-state index in [1.807, 2.05) is 44.2 Å². The van der Waals surface area contributed by atoms with Gasteiger partial charge in [-0.2, -0.15) is 0 Å². The first-order valence-corrected chi connectivity index (χ1v) is 8.33. The molecule has 0 spiro atoms. The minimum atomic E-state index is -0.470. The summed E-state index contributed by atoms with van der Waals surface area (Å²) in [6.45, 7) is 6.46. The smallest absolute Gasteiger partial charge is 0.307 e. The molecule has 0 amide bonds. The van der Waals surface area contributed by atoms with Crippen LogP contribution in [-0.4, -0.2) is 38.6 Å². The first-order chi connectivity index (χ1) is 11.1. The Morgan fingerprint density at radius 3 is 2.65 bits per heavy atom. The normalized spacial score (nSPS) is 18.3. The van der Waals surface area contributed by atoms with E-state index in [1.54, 1.807) is 0 Å². The van der Waals surface area contributed by atoms with Crippen LogP contribution in [0.25, 0.3) is 0 Å². The summed E-state index contributed by atoms with van der Waals surface area (Å²) in [5, 5.41) is 3.49. The fourth-order valence-corrected chi connectivity index (χ4v) is 2.74. The van der Waals surface area contributed by atoms with Crippen LogP contribution in [0.5, 0.6) is 0 Å². The molecule has 2 rings (SSSR count). The SMILES string of the molecule is CCOC(=O)C[C@@](C)(NCCC1OCCCO1)c1ccccc1. The maximum Gasteiger partial charge on any atom is 0.307 e. The van der Waals surface area contributed by atoms with E-state index in [1.165, 1.54) is 0 Å². The zero-order chi connectivity index (χ0) is 16.5. The Morgan fingerprint density at radius 1 is 1.30 bits per heavy atom. The van der Waals surface area contributed by atoms with Crippen molar-refractivity contribution in [3.05, 3.63) is 35.9 Å². The lowest BCUT2D eigenvalue weighted by atomic mass is 9.88. The van der Waals surface area contributed by atoms with Gasteiger partial charge in [0.2, 0.25) is 0 Å². The number of carbonyl (C=O) groups is 1. The fraction of sp³-hybridized carbons (Fsp3) is 0.611. The summed E-state index contributed by atoms with van der Waals surface area (Å²) in [5.74, 6) is -0.198. The standard InChI is InChI=1S/C18H27NO4/c1-3-21-16(20)14-18(2,15-8-5-4-6-9-15)19-11-10-17-22-12-7-13-23-17/h4-6,8-9,17,19H,3,7,10-14H2,1-2H3/t18-/m1/s1. The van der Waals surface area contributed by atoms with Crippen molar-refractivity contribution in [1.82, 2.24) is 5.32 Å². The molecule has 0 radical (unpaired) electrons. The summed E-state index contributed by atoms with van der Waals surface area (Å²) in [6, 6.07) is 9.99. The number of carbonyl (C=O) groups excluding carboxylic acids is 1. The molecule has 1 N–H and O–H groups in total. The van der Waals surface area contributed by atoms with E-state index in [0.29, 0.717) is 13.2 Å². The van der Waals surface area contributed by atoms with E-state index in [4.69, 9.17) is 14.2 Å². The molecule has 1 heterocycles. The highest BCUT2D eigenvalue weighted by atomic mass is 16.7. The zero-order valence-electron chi connectivity index (χ0n) is 14.0. The van der Waals surface area contributed by atoms with Gasteiger partial charge in [-0.05, 0) is 25.8 Å². The number of ether oxygens (including phenoxy) is 3. The van der Waals surface area contributed by atoms with Gasteiger partial charge in [-0.25, -0.2) is 0 Å². The van der Waals surface area contributed by atoms with Gasteiger partial charge < -0.3 is 19.5 Å². The number of hydrogen-bond donors (Lipinski definition) is 1. The monoisotopic (exact) mass is 321 g/mol. The molecule has 5 nitrogen and oxygen atoms in total. The highest BCUT2D eigenvalue weighted by molar-refractivity contribution is 5.71. The lowest BCUT2D eigenvalue weighted by molar-refractivity contribution is -0.180. The Morgan fingerprint density at radius 2 is 2.00 bits per heavy atom.